The van der Waals surface area contributed by atoms with Crippen LogP contribution in [0.15, 0.2) is 36.4 Å². The summed E-state index contributed by atoms with van der Waals surface area (Å²) in [7, 11) is 1.68. The van der Waals surface area contributed by atoms with Crippen LogP contribution < -0.4 is 4.74 Å². The van der Waals surface area contributed by atoms with Crippen molar-refractivity contribution in [1.82, 2.24) is 0 Å². The van der Waals surface area contributed by atoms with Crippen LogP contribution in [0.5, 0.6) is 5.75 Å². The smallest absolute Gasteiger partial charge is 0.186 e. The minimum atomic E-state index is -0.306. The summed E-state index contributed by atoms with van der Waals surface area (Å²) in [6.45, 7) is 3.68. The zero-order chi connectivity index (χ0) is 16.5. The van der Waals surface area contributed by atoms with Gasteiger partial charge in [0.2, 0.25) is 0 Å². The summed E-state index contributed by atoms with van der Waals surface area (Å²) < 4.78 is 28.6. The molecule has 2 aromatic rings. The molecule has 0 saturated carbocycles. The Balaban J connectivity index is 1.48. The van der Waals surface area contributed by atoms with Crippen LogP contribution in [0, 0.1) is 0 Å². The average molecular weight is 330 g/mol. The molecular weight excluding hydrogens is 308 g/mol. The van der Waals surface area contributed by atoms with E-state index in [0.29, 0.717) is 19.8 Å². The molecule has 128 valence electrons. The standard InChI is InChI=1S/C19H22O5/c1-12-17(18-19(24-12)22-8-7-21-18)23-11-13-3-4-14-5-6-16(20-2)10-15(14)9-13/h3-6,9-10,12,17-19H,7-8,11H2,1-2H3/t12-,17+,18-,19+/m1/s1. The fourth-order valence-electron chi connectivity index (χ4n) is 3.36. The van der Waals surface area contributed by atoms with Gasteiger partial charge in [0.1, 0.15) is 18.0 Å². The van der Waals surface area contributed by atoms with Crippen LogP contribution in [0.3, 0.4) is 0 Å². The normalized spacial score (nSPS) is 29.6. The molecule has 2 saturated heterocycles. The first-order valence-electron chi connectivity index (χ1n) is 8.31. The molecule has 2 heterocycles. The average Bonchev–Trinajstić information content (AvgIpc) is 2.94. The molecule has 5 nitrogen and oxygen atoms in total. The van der Waals surface area contributed by atoms with Gasteiger partial charge in [-0.15, -0.1) is 0 Å². The Labute approximate surface area is 141 Å². The molecule has 4 rings (SSSR count). The van der Waals surface area contributed by atoms with Gasteiger partial charge in [0, 0.05) is 0 Å². The van der Waals surface area contributed by atoms with E-state index in [2.05, 4.69) is 24.3 Å². The number of hydrogen-bond acceptors (Lipinski definition) is 5. The summed E-state index contributed by atoms with van der Waals surface area (Å²) >= 11 is 0. The van der Waals surface area contributed by atoms with E-state index in [-0.39, 0.29) is 24.6 Å². The van der Waals surface area contributed by atoms with Crippen molar-refractivity contribution >= 4 is 10.8 Å². The van der Waals surface area contributed by atoms with Gasteiger partial charge in [-0.05, 0) is 41.5 Å². The zero-order valence-corrected chi connectivity index (χ0v) is 13.9. The Kier molecular flexibility index (Phi) is 4.41. The molecule has 0 N–H and O–H groups in total. The molecule has 5 heteroatoms. The second-order valence-corrected chi connectivity index (χ2v) is 6.24. The van der Waals surface area contributed by atoms with Gasteiger partial charge < -0.3 is 23.7 Å². The second kappa shape index (κ2) is 6.69. The van der Waals surface area contributed by atoms with Crippen molar-refractivity contribution in [3.8, 4) is 5.75 Å². The maximum Gasteiger partial charge on any atom is 0.186 e. The predicted molar refractivity (Wildman–Crippen MR) is 89.1 cm³/mol. The molecule has 0 unspecified atom stereocenters. The first-order chi connectivity index (χ1) is 11.7. The fourth-order valence-corrected chi connectivity index (χ4v) is 3.36. The second-order valence-electron chi connectivity index (χ2n) is 6.24. The monoisotopic (exact) mass is 330 g/mol. The van der Waals surface area contributed by atoms with Gasteiger partial charge in [-0.25, -0.2) is 0 Å². The fraction of sp³-hybridized carbons (Fsp3) is 0.474. The molecular formula is C19H22O5. The van der Waals surface area contributed by atoms with Crippen LogP contribution in [0.4, 0.5) is 0 Å². The highest BCUT2D eigenvalue weighted by atomic mass is 16.7. The summed E-state index contributed by atoms with van der Waals surface area (Å²) in [4.78, 5) is 0. The molecule has 2 fully saturated rings. The van der Waals surface area contributed by atoms with E-state index < -0.39 is 0 Å². The SMILES string of the molecule is COc1ccc2ccc(CO[C@@H]3[C@H]4OCCO[C@H]4O[C@@H]3C)cc2c1. The predicted octanol–water partition coefficient (Wildman–Crippen LogP) is 2.89. The number of rotatable bonds is 4. The maximum atomic E-state index is 6.11. The van der Waals surface area contributed by atoms with Crippen LogP contribution in [0.2, 0.25) is 0 Å². The van der Waals surface area contributed by atoms with Gasteiger partial charge in [-0.2, -0.15) is 0 Å². The lowest BCUT2D eigenvalue weighted by Crippen LogP contribution is -2.42. The van der Waals surface area contributed by atoms with Crippen LogP contribution in [-0.2, 0) is 25.6 Å². The Morgan fingerprint density at radius 2 is 1.88 bits per heavy atom. The van der Waals surface area contributed by atoms with E-state index in [1.165, 1.54) is 5.39 Å². The molecule has 2 aromatic carbocycles. The summed E-state index contributed by atoms with van der Waals surface area (Å²) in [5, 5.41) is 2.32. The first-order valence-corrected chi connectivity index (χ1v) is 8.31. The van der Waals surface area contributed by atoms with Crippen LogP contribution in [0.1, 0.15) is 12.5 Å². The van der Waals surface area contributed by atoms with E-state index in [4.69, 9.17) is 23.7 Å². The molecule has 0 bridgehead atoms. The van der Waals surface area contributed by atoms with Crippen molar-refractivity contribution in [3.63, 3.8) is 0 Å². The maximum absolute atomic E-state index is 6.11. The Bertz CT molecular complexity index is 716. The van der Waals surface area contributed by atoms with Crippen molar-refractivity contribution in [2.24, 2.45) is 0 Å². The van der Waals surface area contributed by atoms with E-state index in [1.807, 2.05) is 19.1 Å². The molecule has 0 radical (unpaired) electrons. The minimum absolute atomic E-state index is 0.0429. The van der Waals surface area contributed by atoms with Crippen LogP contribution in [-0.4, -0.2) is 44.9 Å². The number of benzene rings is 2. The third-order valence-electron chi connectivity index (χ3n) is 4.63. The first kappa shape index (κ1) is 15.8. The highest BCUT2D eigenvalue weighted by molar-refractivity contribution is 5.84. The minimum Gasteiger partial charge on any atom is -0.497 e. The molecule has 2 aliphatic heterocycles. The lowest BCUT2D eigenvalue weighted by atomic mass is 10.1. The van der Waals surface area contributed by atoms with Crippen molar-refractivity contribution < 1.29 is 23.7 Å². The van der Waals surface area contributed by atoms with E-state index >= 15 is 0 Å². The molecule has 0 spiro atoms. The van der Waals surface area contributed by atoms with Gasteiger partial charge in [0.25, 0.3) is 0 Å². The number of methoxy groups -OCH3 is 1. The van der Waals surface area contributed by atoms with Crippen molar-refractivity contribution in [1.29, 1.82) is 0 Å². The summed E-state index contributed by atoms with van der Waals surface area (Å²) in [5.74, 6) is 0.856. The summed E-state index contributed by atoms with van der Waals surface area (Å²) in [5.41, 5.74) is 1.11. The Morgan fingerprint density at radius 3 is 2.75 bits per heavy atom. The van der Waals surface area contributed by atoms with Crippen molar-refractivity contribution in [2.45, 2.75) is 38.1 Å². The highest BCUT2D eigenvalue weighted by Crippen LogP contribution is 2.30. The quantitative estimate of drug-likeness (QED) is 0.862. The zero-order valence-electron chi connectivity index (χ0n) is 13.9. The van der Waals surface area contributed by atoms with Crippen LogP contribution >= 0.6 is 0 Å². The van der Waals surface area contributed by atoms with Gasteiger partial charge in [0.15, 0.2) is 6.29 Å². The van der Waals surface area contributed by atoms with E-state index in [1.54, 1.807) is 7.11 Å². The summed E-state index contributed by atoms with van der Waals surface area (Å²) in [6.07, 6.45) is -0.608. The van der Waals surface area contributed by atoms with Gasteiger partial charge in [-0.3, -0.25) is 0 Å². The number of fused-ring (bicyclic) bond motifs is 2. The molecule has 4 atom stereocenters. The molecule has 24 heavy (non-hydrogen) atoms. The van der Waals surface area contributed by atoms with Gasteiger partial charge in [0.05, 0.1) is 33.0 Å². The van der Waals surface area contributed by atoms with Crippen LogP contribution in [0.25, 0.3) is 10.8 Å². The number of hydrogen-bond donors (Lipinski definition) is 0. The molecule has 0 aliphatic carbocycles. The van der Waals surface area contributed by atoms with E-state index in [0.717, 1.165) is 16.7 Å². The van der Waals surface area contributed by atoms with Crippen molar-refractivity contribution in [2.75, 3.05) is 20.3 Å². The lowest BCUT2D eigenvalue weighted by molar-refractivity contribution is -0.221. The Hall–Kier alpha value is -1.66. The summed E-state index contributed by atoms with van der Waals surface area (Å²) in [6, 6.07) is 12.4. The third-order valence-corrected chi connectivity index (χ3v) is 4.63. The highest BCUT2D eigenvalue weighted by Gasteiger charge is 2.46. The van der Waals surface area contributed by atoms with Gasteiger partial charge >= 0.3 is 0 Å². The molecule has 2 aliphatic rings. The number of ether oxygens (including phenoxy) is 5. The molecule has 0 aromatic heterocycles. The van der Waals surface area contributed by atoms with E-state index in [9.17, 15) is 0 Å². The largest absolute Gasteiger partial charge is 0.497 e. The Morgan fingerprint density at radius 1 is 1.04 bits per heavy atom. The van der Waals surface area contributed by atoms with Gasteiger partial charge in [-0.1, -0.05) is 18.2 Å². The molecule has 0 amide bonds. The lowest BCUT2D eigenvalue weighted by Gasteiger charge is -2.27. The third kappa shape index (κ3) is 3.00. The van der Waals surface area contributed by atoms with Crippen molar-refractivity contribution in [3.05, 3.63) is 42.0 Å². The topological polar surface area (TPSA) is 46.2 Å².